The maximum atomic E-state index is 11.2. The van der Waals surface area contributed by atoms with E-state index in [4.69, 9.17) is 56.8 Å². The van der Waals surface area contributed by atoms with Crippen molar-refractivity contribution in [1.82, 2.24) is 0 Å². The smallest absolute Gasteiger partial charge is 0.187 e. The number of hydrogen-bond acceptors (Lipinski definition) is 30. The van der Waals surface area contributed by atoms with E-state index in [1.807, 2.05) is 0 Å². The van der Waals surface area contributed by atoms with Crippen LogP contribution in [0.4, 0.5) is 0 Å². The van der Waals surface area contributed by atoms with Gasteiger partial charge in [-0.3, -0.25) is 0 Å². The lowest BCUT2D eigenvalue weighted by Gasteiger charge is -2.50. The van der Waals surface area contributed by atoms with Gasteiger partial charge in [0.05, 0.1) is 39.6 Å². The van der Waals surface area contributed by atoms with Crippen LogP contribution < -0.4 is 0 Å². The second kappa shape index (κ2) is 22.1. The summed E-state index contributed by atoms with van der Waals surface area (Å²) >= 11 is 0. The molecule has 22 rings (SSSR count). The first kappa shape index (κ1) is 52.6. The average molecular weight is 973 g/mol. The van der Waals surface area contributed by atoms with Crippen molar-refractivity contribution in [3.63, 3.8) is 0 Å². The van der Waals surface area contributed by atoms with Crippen molar-refractivity contribution in [3.05, 3.63) is 0 Å². The molecule has 0 saturated carbocycles. The van der Waals surface area contributed by atoms with E-state index in [1.54, 1.807) is 0 Å². The molecule has 384 valence electrons. The van der Waals surface area contributed by atoms with Crippen LogP contribution in [0.5, 0.6) is 0 Å². The molecule has 22 aliphatic rings. The van der Waals surface area contributed by atoms with E-state index in [0.717, 1.165) is 0 Å². The molecule has 22 fully saturated rings. The van der Waals surface area contributed by atoms with Crippen molar-refractivity contribution >= 4 is 0 Å². The Bertz CT molecular complexity index is 1230. The van der Waals surface area contributed by atoms with Gasteiger partial charge in [0, 0.05) is 0 Å². The van der Waals surface area contributed by atoms with Gasteiger partial charge in [-0.25, -0.2) is 0 Å². The highest BCUT2D eigenvalue weighted by Gasteiger charge is 2.58. The number of rotatable bonds is 6. The standard InChI is InChI=1S/C36H60O30/c37-1-7-25-13(43)19(49)31(55-7)62-26-8(2-38)57-33(21(51)15(26)45)64-28-10(4-40)59-35(23(53)17(28)47)66-30-12(6-42)60-36(24(54)18(30)48)65-29-11(5-41)58-34(22(52)16(29)46)63-27-9(3-39)56-32(61-25)20(50)14(27)44/h7-54H,1-6H2/t7-,8-,9-,10-,11-,12-,13-,14-,15-,16-,17-,18-,19-,20-,21-,22-,23-,24-,25-,26-,27?,28?,29-,30-,31?,32?,33-,34?,35?,36?/m1/s1. The predicted octanol–water partition coefficient (Wildman–Crippen LogP) is -13.1. The van der Waals surface area contributed by atoms with Gasteiger partial charge in [0.25, 0.3) is 0 Å². The zero-order valence-corrected chi connectivity index (χ0v) is 34.5. The molecule has 12 bridgehead atoms. The zero-order chi connectivity index (χ0) is 48.0. The Morgan fingerprint density at radius 3 is 0.409 bits per heavy atom. The van der Waals surface area contributed by atoms with E-state index < -0.39 is 224 Å². The summed E-state index contributed by atoms with van der Waals surface area (Å²) in [6.45, 7) is -5.99. The molecule has 0 radical (unpaired) electrons. The number of aliphatic hydroxyl groups excluding tert-OH is 18. The lowest BCUT2D eigenvalue weighted by atomic mass is 9.94. The Morgan fingerprint density at radius 1 is 0.182 bits per heavy atom. The zero-order valence-electron chi connectivity index (χ0n) is 34.5. The highest BCUT2D eigenvalue weighted by molar-refractivity contribution is 5.01. The van der Waals surface area contributed by atoms with Crippen LogP contribution in [0.1, 0.15) is 0 Å². The second-order valence-corrected chi connectivity index (χ2v) is 16.8. The van der Waals surface area contributed by atoms with Crippen LogP contribution in [-0.2, 0) is 56.8 Å². The van der Waals surface area contributed by atoms with Gasteiger partial charge in [-0.2, -0.15) is 0 Å². The topological polar surface area (TPSA) is 475 Å². The molecular formula is C36H60O30. The summed E-state index contributed by atoms with van der Waals surface area (Å²) in [4.78, 5) is 0. The molecule has 66 heavy (non-hydrogen) atoms. The molecule has 22 heterocycles. The van der Waals surface area contributed by atoms with Gasteiger partial charge in [0.1, 0.15) is 146 Å². The maximum Gasteiger partial charge on any atom is 0.187 e. The molecule has 30 nitrogen and oxygen atoms in total. The normalized spacial score (nSPS) is 55.4. The van der Waals surface area contributed by atoms with Gasteiger partial charge in [0.2, 0.25) is 0 Å². The minimum Gasteiger partial charge on any atom is -0.394 e. The molecule has 0 amide bonds. The van der Waals surface area contributed by atoms with Crippen molar-refractivity contribution in [2.45, 2.75) is 184 Å². The Balaban J connectivity index is 1.19. The fraction of sp³-hybridized carbons (Fsp3) is 1.00. The third kappa shape index (κ3) is 10.0. The lowest BCUT2D eigenvalue weighted by molar-refractivity contribution is -0.404. The van der Waals surface area contributed by atoms with Crippen LogP contribution in [0, 0.1) is 0 Å². The monoisotopic (exact) mass is 972 g/mol. The third-order valence-electron chi connectivity index (χ3n) is 12.7. The van der Waals surface area contributed by atoms with E-state index in [2.05, 4.69) is 0 Å². The van der Waals surface area contributed by atoms with E-state index in [-0.39, 0.29) is 0 Å². The molecule has 0 aromatic carbocycles. The first-order chi connectivity index (χ1) is 31.4. The van der Waals surface area contributed by atoms with Gasteiger partial charge in [-0.15, -0.1) is 0 Å². The molecule has 30 atom stereocenters. The largest absolute Gasteiger partial charge is 0.394 e. The highest BCUT2D eigenvalue weighted by atomic mass is 16.8. The predicted molar refractivity (Wildman–Crippen MR) is 196 cm³/mol. The van der Waals surface area contributed by atoms with Crippen molar-refractivity contribution in [2.75, 3.05) is 39.6 Å². The number of ether oxygens (including phenoxy) is 12. The van der Waals surface area contributed by atoms with E-state index >= 15 is 0 Å². The van der Waals surface area contributed by atoms with Crippen LogP contribution in [-0.4, -0.2) is 316 Å². The lowest BCUT2D eigenvalue weighted by Crippen LogP contribution is -2.69. The summed E-state index contributed by atoms with van der Waals surface area (Å²) in [5.41, 5.74) is 0. The Kier molecular flexibility index (Phi) is 17.6. The van der Waals surface area contributed by atoms with E-state index in [9.17, 15) is 91.9 Å². The summed E-state index contributed by atoms with van der Waals surface area (Å²) < 4.78 is 67.9. The first-order valence-electron chi connectivity index (χ1n) is 21.1. The highest BCUT2D eigenvalue weighted by Crippen LogP contribution is 2.38. The van der Waals surface area contributed by atoms with E-state index in [0.29, 0.717) is 0 Å². The minimum atomic E-state index is -2.15. The molecule has 30 heteroatoms. The van der Waals surface area contributed by atoms with Gasteiger partial charge in [-0.1, -0.05) is 0 Å². The molecule has 0 aromatic rings. The Labute approximate surface area is 372 Å². The quantitative estimate of drug-likeness (QED) is 0.117. The Morgan fingerprint density at radius 2 is 0.303 bits per heavy atom. The Hall–Kier alpha value is -1.20. The van der Waals surface area contributed by atoms with Crippen LogP contribution >= 0.6 is 0 Å². The summed E-state index contributed by atoms with van der Waals surface area (Å²) in [6, 6.07) is 0. The summed E-state index contributed by atoms with van der Waals surface area (Å²) in [5, 5.41) is 196. The summed E-state index contributed by atoms with van der Waals surface area (Å²) in [5.74, 6) is 0. The second-order valence-electron chi connectivity index (χ2n) is 16.8. The molecule has 22 aliphatic heterocycles. The molecule has 0 spiro atoms. The number of aliphatic hydroxyl groups is 18. The first-order valence-corrected chi connectivity index (χ1v) is 21.1. The molecule has 0 aromatic heterocycles. The SMILES string of the molecule is OC[C@H]1OC2O[C@H]3[C@H](O)[C@@H](O)C(O[C@H]4[C@H](O)[C@@H](O)[C@@H](OC5[C@@H](CO)OC(O[C@H]6[C@H](O)[C@@H](O)C(O[C@H]7[C@H](O)[C@@H](O)C(OC1[C@H](O)[C@H]2O)O[C@@H]7CO)O[C@@H]6CO)[C@H](O)[C@H]5O)O[C@@H]4CO)O[C@@H]3CO. The van der Waals surface area contributed by atoms with Crippen LogP contribution in [0.25, 0.3) is 0 Å². The fourth-order valence-corrected chi connectivity index (χ4v) is 8.93. The van der Waals surface area contributed by atoms with Crippen LogP contribution in [0.15, 0.2) is 0 Å². The molecule has 22 saturated heterocycles. The van der Waals surface area contributed by atoms with E-state index in [1.165, 1.54) is 0 Å². The summed E-state index contributed by atoms with van der Waals surface area (Å²) in [7, 11) is 0. The summed E-state index contributed by atoms with van der Waals surface area (Å²) in [6.07, 6.45) is -58.5. The van der Waals surface area contributed by atoms with Gasteiger partial charge < -0.3 is 149 Å². The molecular weight excluding hydrogens is 912 g/mol. The van der Waals surface area contributed by atoms with Crippen molar-refractivity contribution < 1.29 is 149 Å². The molecule has 0 aliphatic carbocycles. The molecule has 7 unspecified atom stereocenters. The average Bonchev–Trinajstić information content (AvgIpc) is 3.31. The third-order valence-corrected chi connectivity index (χ3v) is 12.7. The fourth-order valence-electron chi connectivity index (χ4n) is 8.93. The van der Waals surface area contributed by atoms with Crippen molar-refractivity contribution in [2.24, 2.45) is 0 Å². The van der Waals surface area contributed by atoms with Crippen molar-refractivity contribution in [3.8, 4) is 0 Å². The van der Waals surface area contributed by atoms with Gasteiger partial charge in [0.15, 0.2) is 37.7 Å². The van der Waals surface area contributed by atoms with Crippen molar-refractivity contribution in [1.29, 1.82) is 0 Å². The van der Waals surface area contributed by atoms with Gasteiger partial charge >= 0.3 is 0 Å². The van der Waals surface area contributed by atoms with Crippen LogP contribution in [0.2, 0.25) is 0 Å². The number of hydrogen-bond donors (Lipinski definition) is 18. The van der Waals surface area contributed by atoms with Crippen LogP contribution in [0.3, 0.4) is 0 Å². The maximum absolute atomic E-state index is 11.2. The minimum absolute atomic E-state index is 0.999. The van der Waals surface area contributed by atoms with Gasteiger partial charge in [-0.05, 0) is 0 Å². The molecule has 18 N–H and O–H groups in total.